The number of aryl methyl sites for hydroxylation is 2. The van der Waals surface area contributed by atoms with E-state index in [1.807, 2.05) is 36.4 Å². The zero-order valence-electron chi connectivity index (χ0n) is 41.9. The van der Waals surface area contributed by atoms with Gasteiger partial charge in [0.25, 0.3) is 11.1 Å². The summed E-state index contributed by atoms with van der Waals surface area (Å²) in [6.45, 7) is 2.39. The van der Waals surface area contributed by atoms with Crippen molar-refractivity contribution in [2.24, 2.45) is 0 Å². The molecule has 3 aromatic carbocycles. The fraction of sp³-hybridized carbons (Fsp3) is 0.400. The molecule has 0 amide bonds. The first kappa shape index (κ1) is 57.8. The Morgan fingerprint density at radius 2 is 0.987 bits per heavy atom. The van der Waals surface area contributed by atoms with Crippen molar-refractivity contribution in [3.63, 3.8) is 0 Å². The predicted molar refractivity (Wildman–Crippen MR) is 274 cm³/mol. The molecule has 0 spiro atoms. The standard InChI is InChI=1S/C50H60N4O20P2/c1-31-25-53(49(59)51-47(31)57)45-23-41(43(27-55)71-45)73-75(61,62)69-29-35-9-5-33(6-10-35)13-15-37-21-40(68-20-18-66-4)38(22-39(37)67-19-17-65-3)16-14-34-7-11-36(12-8-34)30-70-76(63,64)74-42-24-46(72-44(42)28-56)54-26-32(2)48(58)52-50(54)60/h5-16,21-22,25-26,41-46,55-56H,17-20,23-24,27-30H2,1-4H3,(H,61,62)(H,63,64)(H,51,57,59)(H,52,58,60)/b15-13+,16-14+/t41-,42-,43+,44+,45+,46+/m0/s1. The number of aromatic amines is 2. The predicted octanol–water partition coefficient (Wildman–Crippen LogP) is 4.36. The summed E-state index contributed by atoms with van der Waals surface area (Å²) >= 11 is 0. The lowest BCUT2D eigenvalue weighted by Crippen LogP contribution is -2.33. The summed E-state index contributed by atoms with van der Waals surface area (Å²) in [4.78, 5) is 74.1. The van der Waals surface area contributed by atoms with Crippen molar-refractivity contribution in [1.82, 2.24) is 19.1 Å². The van der Waals surface area contributed by atoms with Gasteiger partial charge < -0.3 is 48.4 Å². The molecule has 2 fully saturated rings. The summed E-state index contributed by atoms with van der Waals surface area (Å²) in [7, 11) is -6.27. The van der Waals surface area contributed by atoms with E-state index in [1.165, 1.54) is 26.2 Å². The van der Waals surface area contributed by atoms with Crippen LogP contribution < -0.4 is 32.0 Å². The number of aliphatic hydroxyl groups is 2. The van der Waals surface area contributed by atoms with E-state index >= 15 is 0 Å². The van der Waals surface area contributed by atoms with Crippen LogP contribution in [0.1, 0.15) is 69.8 Å². The van der Waals surface area contributed by atoms with E-state index in [1.54, 1.807) is 62.8 Å². The molecule has 76 heavy (non-hydrogen) atoms. The molecule has 4 heterocycles. The summed E-state index contributed by atoms with van der Waals surface area (Å²) in [5.41, 5.74) is 1.86. The number of hydrogen-bond acceptors (Lipinski definition) is 18. The minimum atomic E-state index is -4.70. The van der Waals surface area contributed by atoms with Gasteiger partial charge in [-0.2, -0.15) is 0 Å². The van der Waals surface area contributed by atoms with E-state index < -0.39 is 88.2 Å². The van der Waals surface area contributed by atoms with E-state index in [0.717, 1.165) is 20.3 Å². The van der Waals surface area contributed by atoms with Crippen molar-refractivity contribution in [3.8, 4) is 11.5 Å². The lowest BCUT2D eigenvalue weighted by molar-refractivity contribution is -0.0466. The van der Waals surface area contributed by atoms with Gasteiger partial charge in [-0.25, -0.2) is 18.7 Å². The van der Waals surface area contributed by atoms with Gasteiger partial charge in [0.1, 0.15) is 61.6 Å². The molecule has 5 aromatic rings. The first-order chi connectivity index (χ1) is 36.4. The Bertz CT molecular complexity index is 2960. The maximum atomic E-state index is 13.0. The van der Waals surface area contributed by atoms with Crippen LogP contribution in [0.4, 0.5) is 0 Å². The second-order valence-electron chi connectivity index (χ2n) is 17.6. The maximum absolute atomic E-state index is 13.0. The van der Waals surface area contributed by atoms with Crippen LogP contribution in [0.15, 0.2) is 92.2 Å². The number of rotatable bonds is 26. The molecule has 7 rings (SSSR count). The average Bonchev–Trinajstić information content (AvgIpc) is 3.99. The Hall–Kier alpha value is -5.92. The van der Waals surface area contributed by atoms with Crippen molar-refractivity contribution in [2.75, 3.05) is 53.9 Å². The number of phosphoric acid groups is 2. The third-order valence-electron chi connectivity index (χ3n) is 12.1. The van der Waals surface area contributed by atoms with E-state index in [2.05, 4.69) is 9.97 Å². The Balaban J connectivity index is 0.976. The molecule has 2 saturated heterocycles. The number of nitrogens with zero attached hydrogens (tertiary/aromatic N) is 2. The lowest BCUT2D eigenvalue weighted by Gasteiger charge is -2.19. The van der Waals surface area contributed by atoms with Crippen molar-refractivity contribution in [2.45, 2.75) is 76.8 Å². The van der Waals surface area contributed by atoms with Gasteiger partial charge in [-0.1, -0.05) is 72.8 Å². The highest BCUT2D eigenvalue weighted by Crippen LogP contribution is 2.50. The number of ether oxygens (including phenoxy) is 6. The number of aliphatic hydroxyl groups excluding tert-OH is 2. The monoisotopic (exact) mass is 1100 g/mol. The Kier molecular flexibility index (Phi) is 20.1. The van der Waals surface area contributed by atoms with Crippen LogP contribution in [0.25, 0.3) is 24.3 Å². The minimum absolute atomic E-state index is 0.0824. The molecule has 8 atom stereocenters. The quantitative estimate of drug-likeness (QED) is 0.0255. The lowest BCUT2D eigenvalue weighted by atomic mass is 10.0. The van der Waals surface area contributed by atoms with E-state index in [0.29, 0.717) is 47.0 Å². The van der Waals surface area contributed by atoms with Gasteiger partial charge in [0.15, 0.2) is 0 Å². The van der Waals surface area contributed by atoms with Crippen LogP contribution in [0.3, 0.4) is 0 Å². The molecule has 24 nitrogen and oxygen atoms in total. The molecule has 0 bridgehead atoms. The van der Waals surface area contributed by atoms with Gasteiger partial charge in [-0.3, -0.25) is 46.8 Å². The number of phosphoric ester groups is 2. The first-order valence-electron chi connectivity index (χ1n) is 23.8. The number of nitrogens with one attached hydrogen (secondary N) is 2. The molecule has 26 heteroatoms. The molecule has 6 N–H and O–H groups in total. The molecule has 2 aromatic heterocycles. The van der Waals surface area contributed by atoms with Gasteiger partial charge in [0, 0.05) is 61.7 Å². The zero-order chi connectivity index (χ0) is 54.6. The highest BCUT2D eigenvalue weighted by atomic mass is 31.2. The Morgan fingerprint density at radius 3 is 1.34 bits per heavy atom. The molecular formula is C50H60N4O20P2. The molecule has 0 radical (unpaired) electrons. The first-order valence-corrected chi connectivity index (χ1v) is 26.8. The third kappa shape index (κ3) is 15.6. The number of aromatic nitrogens is 4. The summed E-state index contributed by atoms with van der Waals surface area (Å²) in [5, 5.41) is 19.8. The van der Waals surface area contributed by atoms with Crippen LogP contribution in [-0.2, 0) is 59.4 Å². The van der Waals surface area contributed by atoms with Crippen molar-refractivity contribution < 1.29 is 75.6 Å². The molecule has 0 aliphatic carbocycles. The average molecular weight is 1100 g/mol. The summed E-state index contributed by atoms with van der Waals surface area (Å²) < 4.78 is 83.9. The van der Waals surface area contributed by atoms with Gasteiger partial charge in [0.2, 0.25) is 0 Å². The van der Waals surface area contributed by atoms with Crippen LogP contribution in [0, 0.1) is 13.8 Å². The van der Waals surface area contributed by atoms with Crippen LogP contribution in [-0.4, -0.2) is 117 Å². The Morgan fingerprint density at radius 1 is 0.605 bits per heavy atom. The summed E-state index contributed by atoms with van der Waals surface area (Å²) in [6, 6.07) is 17.6. The topological polar surface area (TPSA) is 317 Å². The fourth-order valence-corrected chi connectivity index (χ4v) is 9.88. The highest BCUT2D eigenvalue weighted by Gasteiger charge is 2.43. The second-order valence-corrected chi connectivity index (χ2v) is 20.4. The fourth-order valence-electron chi connectivity index (χ4n) is 8.00. The number of methoxy groups -OCH3 is 2. The Labute approximate surface area is 434 Å². The van der Waals surface area contributed by atoms with Crippen LogP contribution in [0.2, 0.25) is 0 Å². The van der Waals surface area contributed by atoms with Gasteiger partial charge >= 0.3 is 27.0 Å². The van der Waals surface area contributed by atoms with Gasteiger partial charge in [0.05, 0.1) is 39.6 Å². The number of hydrogen-bond donors (Lipinski definition) is 6. The largest absolute Gasteiger partial charge is 0.491 e. The number of benzene rings is 3. The molecule has 0 saturated carbocycles. The van der Waals surface area contributed by atoms with Crippen molar-refractivity contribution in [3.05, 3.63) is 159 Å². The van der Waals surface area contributed by atoms with Crippen molar-refractivity contribution >= 4 is 39.9 Å². The van der Waals surface area contributed by atoms with E-state index in [9.17, 15) is 48.3 Å². The summed E-state index contributed by atoms with van der Waals surface area (Å²) in [6.07, 6.45) is 3.53. The zero-order valence-corrected chi connectivity index (χ0v) is 43.7. The molecule has 410 valence electrons. The summed E-state index contributed by atoms with van der Waals surface area (Å²) in [5.74, 6) is 1.04. The van der Waals surface area contributed by atoms with Crippen LogP contribution >= 0.6 is 15.6 Å². The molecule has 2 unspecified atom stereocenters. The molecular weight excluding hydrogens is 1040 g/mol. The smallest absolute Gasteiger partial charge is 0.472 e. The second kappa shape index (κ2) is 26.4. The third-order valence-corrected chi connectivity index (χ3v) is 14.0. The van der Waals surface area contributed by atoms with E-state index in [-0.39, 0.29) is 50.4 Å². The number of H-pyrrole nitrogens is 2. The molecule has 2 aliphatic heterocycles. The maximum Gasteiger partial charge on any atom is 0.472 e. The van der Waals surface area contributed by atoms with Crippen molar-refractivity contribution in [1.29, 1.82) is 0 Å². The minimum Gasteiger partial charge on any atom is -0.491 e. The molecule has 2 aliphatic rings. The highest BCUT2D eigenvalue weighted by molar-refractivity contribution is 7.47. The van der Waals surface area contributed by atoms with Gasteiger partial charge in [-0.05, 0) is 48.2 Å². The van der Waals surface area contributed by atoms with Crippen LogP contribution in [0.5, 0.6) is 11.5 Å². The van der Waals surface area contributed by atoms with E-state index in [4.69, 9.17) is 46.5 Å². The van der Waals surface area contributed by atoms with Gasteiger partial charge in [-0.15, -0.1) is 0 Å². The SMILES string of the molecule is COCCOc1cc(/C=C/c2ccc(COP(=O)(O)O[C@H]3C[C@H](n4cc(C)c(=O)[nH]c4=O)O[C@@H]3CO)cc2)c(OCCOC)cc1/C=C/c1ccc(COP(=O)(O)O[C@H]2C[C@H](n3cc(C)c(=O)[nH]c3=O)O[C@@H]2CO)cc1. The normalized spacial score (nSPS) is 21.3.